The van der Waals surface area contributed by atoms with Crippen molar-refractivity contribution in [3.63, 3.8) is 0 Å². The van der Waals surface area contributed by atoms with Crippen molar-refractivity contribution >= 4 is 5.69 Å². The fourth-order valence-electron chi connectivity index (χ4n) is 2.54. The lowest BCUT2D eigenvalue weighted by molar-refractivity contribution is 0.544. The molecule has 1 heterocycles. The maximum Gasteiger partial charge on any atom is 0.130 e. The molecule has 0 aliphatic rings. The highest BCUT2D eigenvalue weighted by Gasteiger charge is 2.18. The SMILES string of the molecule is CCCn1ccnc1C(NCC)c1ccc(N(C)C)cc1. The van der Waals surface area contributed by atoms with Crippen LogP contribution in [0.25, 0.3) is 0 Å². The molecule has 0 aliphatic carbocycles. The van der Waals surface area contributed by atoms with Crippen molar-refractivity contribution in [2.75, 3.05) is 25.5 Å². The van der Waals surface area contributed by atoms with Crippen LogP contribution in [0.2, 0.25) is 0 Å². The van der Waals surface area contributed by atoms with Crippen molar-refractivity contribution in [3.05, 3.63) is 48.0 Å². The first-order valence-electron chi connectivity index (χ1n) is 7.69. The average molecular weight is 286 g/mol. The van der Waals surface area contributed by atoms with Crippen LogP contribution in [0.1, 0.15) is 37.7 Å². The van der Waals surface area contributed by atoms with Gasteiger partial charge in [0.2, 0.25) is 0 Å². The summed E-state index contributed by atoms with van der Waals surface area (Å²) in [5, 5.41) is 3.55. The second kappa shape index (κ2) is 7.27. The van der Waals surface area contributed by atoms with Gasteiger partial charge >= 0.3 is 0 Å². The molecule has 1 aromatic heterocycles. The van der Waals surface area contributed by atoms with E-state index in [2.05, 4.69) is 78.2 Å². The van der Waals surface area contributed by atoms with E-state index in [1.807, 2.05) is 6.20 Å². The van der Waals surface area contributed by atoms with Gasteiger partial charge in [-0.05, 0) is 30.7 Å². The predicted octanol–water partition coefficient (Wildman–Crippen LogP) is 3.06. The topological polar surface area (TPSA) is 33.1 Å². The zero-order valence-electron chi connectivity index (χ0n) is 13.5. The molecular weight excluding hydrogens is 260 g/mol. The molecule has 2 aromatic rings. The smallest absolute Gasteiger partial charge is 0.130 e. The van der Waals surface area contributed by atoms with Crippen LogP contribution < -0.4 is 10.2 Å². The Labute approximate surface area is 127 Å². The number of anilines is 1. The average Bonchev–Trinajstić information content (AvgIpc) is 2.93. The maximum absolute atomic E-state index is 4.58. The normalized spacial score (nSPS) is 12.4. The molecule has 1 N–H and O–H groups in total. The quantitative estimate of drug-likeness (QED) is 0.849. The molecule has 0 aliphatic heterocycles. The van der Waals surface area contributed by atoms with Crippen molar-refractivity contribution in [2.24, 2.45) is 0 Å². The van der Waals surface area contributed by atoms with Gasteiger partial charge in [0.1, 0.15) is 5.82 Å². The molecule has 1 aromatic carbocycles. The van der Waals surface area contributed by atoms with E-state index in [1.165, 1.54) is 11.3 Å². The number of benzene rings is 1. The third kappa shape index (κ3) is 3.64. The lowest BCUT2D eigenvalue weighted by atomic mass is 10.1. The Morgan fingerprint density at radius 2 is 1.90 bits per heavy atom. The van der Waals surface area contributed by atoms with E-state index in [0.29, 0.717) is 0 Å². The molecule has 0 saturated carbocycles. The van der Waals surface area contributed by atoms with Gasteiger partial charge in [0, 0.05) is 38.7 Å². The van der Waals surface area contributed by atoms with E-state index in [9.17, 15) is 0 Å². The van der Waals surface area contributed by atoms with Crippen LogP contribution in [0.4, 0.5) is 5.69 Å². The van der Waals surface area contributed by atoms with Gasteiger partial charge in [-0.3, -0.25) is 0 Å². The van der Waals surface area contributed by atoms with Crippen LogP contribution in [-0.4, -0.2) is 30.2 Å². The van der Waals surface area contributed by atoms with E-state index in [-0.39, 0.29) is 6.04 Å². The van der Waals surface area contributed by atoms with Crippen LogP contribution in [0.3, 0.4) is 0 Å². The summed E-state index contributed by atoms with van der Waals surface area (Å²) in [6, 6.07) is 8.84. The lowest BCUT2D eigenvalue weighted by Crippen LogP contribution is -2.25. The first kappa shape index (κ1) is 15.6. The summed E-state index contributed by atoms with van der Waals surface area (Å²) in [5.41, 5.74) is 2.47. The van der Waals surface area contributed by atoms with E-state index >= 15 is 0 Å². The number of hydrogen-bond donors (Lipinski definition) is 1. The van der Waals surface area contributed by atoms with E-state index in [4.69, 9.17) is 0 Å². The Balaban J connectivity index is 2.31. The number of hydrogen-bond acceptors (Lipinski definition) is 3. The molecule has 4 heteroatoms. The number of rotatable bonds is 7. The Kier molecular flexibility index (Phi) is 5.39. The lowest BCUT2D eigenvalue weighted by Gasteiger charge is -2.20. The molecule has 1 unspecified atom stereocenters. The summed E-state index contributed by atoms with van der Waals surface area (Å²) in [4.78, 5) is 6.69. The highest BCUT2D eigenvalue weighted by molar-refractivity contribution is 5.47. The number of aromatic nitrogens is 2. The van der Waals surface area contributed by atoms with E-state index in [0.717, 1.165) is 25.3 Å². The summed E-state index contributed by atoms with van der Waals surface area (Å²) in [7, 11) is 4.12. The number of nitrogens with one attached hydrogen (secondary N) is 1. The molecule has 0 amide bonds. The molecule has 0 spiro atoms. The first-order valence-corrected chi connectivity index (χ1v) is 7.69. The Hall–Kier alpha value is -1.81. The molecule has 0 bridgehead atoms. The Bertz CT molecular complexity index is 542. The minimum absolute atomic E-state index is 0.146. The zero-order chi connectivity index (χ0) is 15.2. The molecule has 21 heavy (non-hydrogen) atoms. The third-order valence-electron chi connectivity index (χ3n) is 3.62. The van der Waals surface area contributed by atoms with Gasteiger partial charge in [0.05, 0.1) is 6.04 Å². The van der Waals surface area contributed by atoms with Crippen LogP contribution in [0.15, 0.2) is 36.7 Å². The van der Waals surface area contributed by atoms with E-state index in [1.54, 1.807) is 0 Å². The first-order chi connectivity index (χ1) is 10.2. The highest BCUT2D eigenvalue weighted by atomic mass is 15.1. The molecule has 4 nitrogen and oxygen atoms in total. The molecule has 0 radical (unpaired) electrons. The van der Waals surface area contributed by atoms with Crippen molar-refractivity contribution in [1.29, 1.82) is 0 Å². The molecular formula is C17H26N4. The summed E-state index contributed by atoms with van der Waals surface area (Å²) in [6.07, 6.45) is 5.07. The fraction of sp³-hybridized carbons (Fsp3) is 0.471. The second-order valence-corrected chi connectivity index (χ2v) is 5.46. The third-order valence-corrected chi connectivity index (χ3v) is 3.62. The van der Waals surface area contributed by atoms with Crippen LogP contribution in [0, 0.1) is 0 Å². The largest absolute Gasteiger partial charge is 0.378 e. The number of nitrogens with zero attached hydrogens (tertiary/aromatic N) is 3. The van der Waals surface area contributed by atoms with Gasteiger partial charge in [0.25, 0.3) is 0 Å². The molecule has 0 saturated heterocycles. The van der Waals surface area contributed by atoms with Gasteiger partial charge in [-0.15, -0.1) is 0 Å². The van der Waals surface area contributed by atoms with Gasteiger partial charge < -0.3 is 14.8 Å². The van der Waals surface area contributed by atoms with Gasteiger partial charge in [-0.25, -0.2) is 4.98 Å². The number of imidazole rings is 1. The minimum atomic E-state index is 0.146. The maximum atomic E-state index is 4.58. The predicted molar refractivity (Wildman–Crippen MR) is 88.8 cm³/mol. The summed E-state index contributed by atoms with van der Waals surface area (Å²) in [6.45, 7) is 6.25. The molecule has 2 rings (SSSR count). The summed E-state index contributed by atoms with van der Waals surface area (Å²) < 4.78 is 2.24. The summed E-state index contributed by atoms with van der Waals surface area (Å²) >= 11 is 0. The zero-order valence-corrected chi connectivity index (χ0v) is 13.5. The fourth-order valence-corrected chi connectivity index (χ4v) is 2.54. The van der Waals surface area contributed by atoms with Crippen molar-refractivity contribution in [1.82, 2.24) is 14.9 Å². The van der Waals surface area contributed by atoms with Crippen molar-refractivity contribution in [3.8, 4) is 0 Å². The monoisotopic (exact) mass is 286 g/mol. The number of aryl methyl sites for hydroxylation is 1. The van der Waals surface area contributed by atoms with Crippen LogP contribution in [0.5, 0.6) is 0 Å². The van der Waals surface area contributed by atoms with Crippen LogP contribution in [-0.2, 0) is 6.54 Å². The Morgan fingerprint density at radius 3 is 2.48 bits per heavy atom. The second-order valence-electron chi connectivity index (χ2n) is 5.46. The standard InChI is InChI=1S/C17H26N4/c1-5-12-21-13-11-19-17(21)16(18-6-2)14-7-9-15(10-8-14)20(3)4/h7-11,13,16,18H,5-6,12H2,1-4H3. The molecule has 1 atom stereocenters. The van der Waals surface area contributed by atoms with Crippen molar-refractivity contribution in [2.45, 2.75) is 32.9 Å². The van der Waals surface area contributed by atoms with Crippen molar-refractivity contribution < 1.29 is 0 Å². The molecule has 114 valence electrons. The van der Waals surface area contributed by atoms with Gasteiger partial charge in [0.15, 0.2) is 0 Å². The van der Waals surface area contributed by atoms with E-state index < -0.39 is 0 Å². The molecule has 0 fully saturated rings. The van der Waals surface area contributed by atoms with Crippen LogP contribution >= 0.6 is 0 Å². The van der Waals surface area contributed by atoms with Gasteiger partial charge in [-0.2, -0.15) is 0 Å². The minimum Gasteiger partial charge on any atom is -0.378 e. The summed E-state index contributed by atoms with van der Waals surface area (Å²) in [5.74, 6) is 1.09. The Morgan fingerprint density at radius 1 is 1.19 bits per heavy atom. The highest BCUT2D eigenvalue weighted by Crippen LogP contribution is 2.23. The van der Waals surface area contributed by atoms with Gasteiger partial charge in [-0.1, -0.05) is 26.0 Å².